The summed E-state index contributed by atoms with van der Waals surface area (Å²) in [5.74, 6) is -0.262. The van der Waals surface area contributed by atoms with Crippen molar-refractivity contribution in [1.29, 1.82) is 0 Å². The molecule has 0 saturated carbocycles. The Hall–Kier alpha value is -2.18. The predicted molar refractivity (Wildman–Crippen MR) is 110 cm³/mol. The maximum atomic E-state index is 10.3. The molecule has 0 atom stereocenters. The molecule has 2 rings (SSSR count). The molecule has 0 N–H and O–H groups in total. The van der Waals surface area contributed by atoms with Crippen molar-refractivity contribution >= 4 is 25.2 Å². The quantitative estimate of drug-likeness (QED) is 0.186. The molecule has 0 amide bonds. The van der Waals surface area contributed by atoms with Crippen molar-refractivity contribution in [3.8, 4) is 0 Å². The van der Waals surface area contributed by atoms with Crippen LogP contribution in [0.15, 0.2) is 67.2 Å². The van der Waals surface area contributed by atoms with Crippen molar-refractivity contribution in [2.45, 2.75) is 13.3 Å². The molecule has 0 aliphatic rings. The van der Waals surface area contributed by atoms with Crippen molar-refractivity contribution in [2.24, 2.45) is 0 Å². The Bertz CT molecular complexity index is 672. The average Bonchev–Trinajstić information content (AvgIpc) is 2.87. The van der Waals surface area contributed by atoms with E-state index in [9.17, 15) is 4.79 Å². The molecule has 10 heteroatoms. The van der Waals surface area contributed by atoms with Crippen LogP contribution in [-0.4, -0.2) is 12.6 Å². The van der Waals surface area contributed by atoms with Gasteiger partial charge in [-0.25, -0.2) is 0 Å². The third-order valence-corrected chi connectivity index (χ3v) is 3.65. The summed E-state index contributed by atoms with van der Waals surface area (Å²) in [6, 6.07) is 21.2. The molecule has 2 aromatic rings. The van der Waals surface area contributed by atoms with Crippen LogP contribution in [0.3, 0.4) is 0 Å². The van der Waals surface area contributed by atoms with E-state index in [0.29, 0.717) is 6.61 Å². The zero-order valence-electron chi connectivity index (χ0n) is 17.5. The third kappa shape index (κ3) is 40.7. The van der Waals surface area contributed by atoms with Crippen LogP contribution in [0.5, 0.6) is 0 Å². The molecule has 7 nitrogen and oxygen atoms in total. The number of hydrogen-bond donors (Lipinski definition) is 0. The molecule has 2 aromatic carbocycles. The first-order valence-corrected chi connectivity index (χ1v) is 8.81. The van der Waals surface area contributed by atoms with E-state index in [4.69, 9.17) is 23.3 Å². The molecule has 0 radical (unpaired) electrons. The monoisotopic (exact) mass is 551 g/mol. The third-order valence-electron chi connectivity index (χ3n) is 2.41. The van der Waals surface area contributed by atoms with Gasteiger partial charge in [0.1, 0.15) is 0 Å². The number of benzene rings is 2. The molecule has 33 heavy (non-hydrogen) atoms. The molecule has 0 bridgehead atoms. The molecule has 0 aliphatic heterocycles. The second kappa shape index (κ2) is 52.0. The van der Waals surface area contributed by atoms with Crippen molar-refractivity contribution in [1.82, 2.24) is 0 Å². The maximum absolute atomic E-state index is 10.3. The second-order valence-corrected chi connectivity index (χ2v) is 5.49. The minimum absolute atomic E-state index is 0. The minimum atomic E-state index is -0.262. The molecule has 176 valence electrons. The predicted octanol–water partition coefficient (Wildman–Crippen LogP) is 3.05. The first kappa shape index (κ1) is 48.3. The van der Waals surface area contributed by atoms with E-state index in [-0.39, 0.29) is 46.5 Å². The Balaban J connectivity index is -0.0000000593. The smallest absolute Gasteiger partial charge is 0 e. The van der Waals surface area contributed by atoms with Gasteiger partial charge in [0.05, 0.1) is 6.61 Å². The Kier molecular flexibility index (Phi) is 76.1. The second-order valence-electron chi connectivity index (χ2n) is 4.09. The fourth-order valence-corrected chi connectivity index (χ4v) is 2.58. The summed E-state index contributed by atoms with van der Waals surface area (Å²) in [6.07, 6.45) is 2.62. The van der Waals surface area contributed by atoms with Gasteiger partial charge >= 0.3 is 56.5 Å². The van der Waals surface area contributed by atoms with Crippen LogP contribution in [0.25, 0.3) is 0 Å². The fourth-order valence-electron chi connectivity index (χ4n) is 1.52. The van der Waals surface area contributed by atoms with E-state index in [1.165, 1.54) is 10.6 Å². The Morgan fingerprint density at radius 2 is 1.09 bits per heavy atom. The van der Waals surface area contributed by atoms with Crippen molar-refractivity contribution in [2.75, 3.05) is 6.61 Å². The van der Waals surface area contributed by atoms with Crippen LogP contribution in [0.1, 0.15) is 13.3 Å². The standard InChI is InChI=1S/C12H11P.C6H9O2.5CO.2Fe/c1-3-7-11(8-4-1)13-12-9-5-2-6-10-12;1-3-5-6(7)8-4-2;5*1-2;;/h1-10,13H;1,4-5H2,2H3;;;;;;;/q;-1;;;;;;;. The fraction of sp³-hybridized carbons (Fsp3) is 0.130. The van der Waals surface area contributed by atoms with Crippen LogP contribution in [0.2, 0.25) is 0 Å². The molecule has 0 unspecified atom stereocenters. The first-order chi connectivity index (χ1) is 15.3. The molecular formula is C23H20Fe2O7P-. The zero-order valence-corrected chi connectivity index (χ0v) is 20.7. The Morgan fingerprint density at radius 3 is 1.33 bits per heavy atom. The number of esters is 1. The summed E-state index contributed by atoms with van der Waals surface area (Å²) in [7, 11) is 0.777. The number of carbonyl (C=O) groups excluding carboxylic acids is 1. The summed E-state index contributed by atoms with van der Waals surface area (Å²) in [6.45, 7) is 28.0. The Morgan fingerprint density at radius 1 is 0.788 bits per heavy atom. The van der Waals surface area contributed by atoms with Gasteiger partial charge in [-0.3, -0.25) is 11.4 Å². The SMILES string of the molecule is C=[C-]CC(=O)OCC.[C-]#[O+].[C-]#[O+].[C-]#[O+].[C-]#[O+].[C-]#[O+].[Fe].[Fe].c1ccc(Pc2ccccc2)cc1. The average molecular weight is 551 g/mol. The van der Waals surface area contributed by atoms with Gasteiger partial charge in [0.2, 0.25) is 0 Å². The van der Waals surface area contributed by atoms with Crippen LogP contribution in [-0.2, 0) is 66.9 Å². The van der Waals surface area contributed by atoms with Gasteiger partial charge in [0.25, 0.3) is 5.97 Å². The summed E-state index contributed by atoms with van der Waals surface area (Å²) in [4.78, 5) is 10.3. The van der Waals surface area contributed by atoms with E-state index >= 15 is 0 Å². The van der Waals surface area contributed by atoms with Gasteiger partial charge in [-0.05, 0) is 17.5 Å². The van der Waals surface area contributed by atoms with Gasteiger partial charge in [0.15, 0.2) is 0 Å². The number of rotatable bonds is 5. The van der Waals surface area contributed by atoms with Gasteiger partial charge < -0.3 is 10.8 Å². The van der Waals surface area contributed by atoms with E-state index in [1.54, 1.807) is 6.92 Å². The van der Waals surface area contributed by atoms with Crippen LogP contribution in [0.4, 0.5) is 0 Å². The number of carbonyl (C=O) groups is 1. The van der Waals surface area contributed by atoms with Crippen molar-refractivity contribution in [3.05, 3.63) is 107 Å². The maximum Gasteiger partial charge on any atom is 0 e. The molecule has 0 aliphatic carbocycles. The van der Waals surface area contributed by atoms with Gasteiger partial charge in [0, 0.05) is 34.1 Å². The van der Waals surface area contributed by atoms with E-state index < -0.39 is 0 Å². The molecular weight excluding hydrogens is 531 g/mol. The van der Waals surface area contributed by atoms with Crippen molar-refractivity contribution < 1.29 is 66.9 Å². The minimum Gasteiger partial charge on any atom is -0.0622 e. The molecule has 0 heterocycles. The number of hydrogen-bond acceptors (Lipinski definition) is 2. The summed E-state index contributed by atoms with van der Waals surface area (Å²) < 4.78 is 42.0. The van der Waals surface area contributed by atoms with Crippen LogP contribution in [0, 0.1) is 39.3 Å². The molecule has 0 saturated heterocycles. The molecule has 0 aromatic heterocycles. The zero-order chi connectivity index (χ0) is 25.3. The van der Waals surface area contributed by atoms with E-state index in [1.807, 2.05) is 0 Å². The van der Waals surface area contributed by atoms with Gasteiger partial charge in [-0.1, -0.05) is 75.7 Å². The van der Waals surface area contributed by atoms with Gasteiger partial charge in [-0.2, -0.15) is 0 Å². The number of ether oxygens (including phenoxy) is 1. The largest absolute Gasteiger partial charge is 0.0622 e. The summed E-state index contributed by atoms with van der Waals surface area (Å²) >= 11 is 0. The first-order valence-electron chi connectivity index (χ1n) is 7.81. The van der Waals surface area contributed by atoms with Crippen molar-refractivity contribution in [3.63, 3.8) is 0 Å². The Labute approximate surface area is 218 Å². The van der Waals surface area contributed by atoms with E-state index in [0.717, 1.165) is 8.58 Å². The topological polar surface area (TPSA) is 126 Å². The van der Waals surface area contributed by atoms with Crippen LogP contribution < -0.4 is 10.6 Å². The van der Waals surface area contributed by atoms with Crippen LogP contribution >= 0.6 is 8.58 Å². The van der Waals surface area contributed by atoms with E-state index in [2.05, 4.69) is 111 Å². The molecule has 0 fully saturated rings. The summed E-state index contributed by atoms with van der Waals surface area (Å²) in [5, 5.41) is 2.79. The van der Waals surface area contributed by atoms with Gasteiger partial charge in [-0.15, -0.1) is 0 Å². The normalized spacial score (nSPS) is 6.15. The summed E-state index contributed by atoms with van der Waals surface area (Å²) in [5.41, 5.74) is 0. The molecule has 0 spiro atoms.